The van der Waals surface area contributed by atoms with Crippen molar-refractivity contribution in [3.63, 3.8) is 0 Å². The van der Waals surface area contributed by atoms with Gasteiger partial charge >= 0.3 is 0 Å². The molecule has 1 rings (SSSR count). The molecule has 0 aromatic carbocycles. The summed E-state index contributed by atoms with van der Waals surface area (Å²) in [4.78, 5) is 0. The number of nitrogens with two attached hydrogens (primary N) is 1. The number of hydrogen-bond donors (Lipinski definition) is 1. The molecule has 15 heavy (non-hydrogen) atoms. The highest BCUT2D eigenvalue weighted by Crippen LogP contribution is 2.40. The van der Waals surface area contributed by atoms with Crippen LogP contribution in [0.1, 0.15) is 53.4 Å². The standard InChI is InChI=1S/C13H27NO/c1-5-13(3,4)10-7-8-11(14)12(9-10)15-6-2/h10-12H,5-9,14H2,1-4H3. The molecule has 1 aliphatic rings. The molecule has 2 N–H and O–H groups in total. The van der Waals surface area contributed by atoms with Crippen LogP contribution >= 0.6 is 0 Å². The molecule has 0 saturated heterocycles. The highest BCUT2D eigenvalue weighted by Gasteiger charge is 2.36. The summed E-state index contributed by atoms with van der Waals surface area (Å²) >= 11 is 0. The van der Waals surface area contributed by atoms with Gasteiger partial charge in [0.2, 0.25) is 0 Å². The van der Waals surface area contributed by atoms with E-state index in [4.69, 9.17) is 10.5 Å². The van der Waals surface area contributed by atoms with Crippen molar-refractivity contribution in [1.29, 1.82) is 0 Å². The SMILES string of the molecule is CCOC1CC(C(C)(C)CC)CCC1N. The van der Waals surface area contributed by atoms with E-state index in [1.165, 1.54) is 12.8 Å². The summed E-state index contributed by atoms with van der Waals surface area (Å²) in [7, 11) is 0. The smallest absolute Gasteiger partial charge is 0.0728 e. The number of rotatable bonds is 4. The Hall–Kier alpha value is -0.0800. The summed E-state index contributed by atoms with van der Waals surface area (Å²) < 4.78 is 5.74. The summed E-state index contributed by atoms with van der Waals surface area (Å²) in [6.07, 6.45) is 5.07. The topological polar surface area (TPSA) is 35.2 Å². The monoisotopic (exact) mass is 213 g/mol. The second kappa shape index (κ2) is 5.31. The zero-order chi connectivity index (χ0) is 11.5. The molecule has 0 bridgehead atoms. The van der Waals surface area contributed by atoms with Crippen molar-refractivity contribution in [2.75, 3.05) is 6.61 Å². The third-order valence-electron chi connectivity index (χ3n) is 4.24. The largest absolute Gasteiger partial charge is 0.377 e. The third-order valence-corrected chi connectivity index (χ3v) is 4.24. The maximum atomic E-state index is 6.09. The van der Waals surface area contributed by atoms with Gasteiger partial charge in [0.1, 0.15) is 0 Å². The summed E-state index contributed by atoms with van der Waals surface area (Å²) in [6, 6.07) is 0.258. The van der Waals surface area contributed by atoms with Gasteiger partial charge < -0.3 is 10.5 Å². The van der Waals surface area contributed by atoms with Crippen molar-refractivity contribution in [2.24, 2.45) is 17.1 Å². The molecule has 0 heterocycles. The van der Waals surface area contributed by atoms with Gasteiger partial charge in [0, 0.05) is 12.6 Å². The van der Waals surface area contributed by atoms with E-state index in [1.807, 2.05) is 0 Å². The van der Waals surface area contributed by atoms with E-state index in [-0.39, 0.29) is 6.04 Å². The fraction of sp³-hybridized carbons (Fsp3) is 1.00. The van der Waals surface area contributed by atoms with Crippen LogP contribution in [-0.2, 0) is 4.74 Å². The predicted molar refractivity (Wildman–Crippen MR) is 64.8 cm³/mol. The maximum Gasteiger partial charge on any atom is 0.0728 e. The van der Waals surface area contributed by atoms with E-state index < -0.39 is 0 Å². The van der Waals surface area contributed by atoms with Gasteiger partial charge in [0.25, 0.3) is 0 Å². The van der Waals surface area contributed by atoms with Crippen molar-refractivity contribution in [3.8, 4) is 0 Å². The highest BCUT2D eigenvalue weighted by molar-refractivity contribution is 4.89. The van der Waals surface area contributed by atoms with Crippen LogP contribution in [0.15, 0.2) is 0 Å². The van der Waals surface area contributed by atoms with E-state index in [1.54, 1.807) is 0 Å². The van der Waals surface area contributed by atoms with Crippen LogP contribution in [0.25, 0.3) is 0 Å². The lowest BCUT2D eigenvalue weighted by Gasteiger charge is -2.41. The summed E-state index contributed by atoms with van der Waals surface area (Å²) in [5.41, 5.74) is 6.53. The van der Waals surface area contributed by atoms with E-state index in [2.05, 4.69) is 27.7 Å². The Morgan fingerprint density at radius 1 is 1.27 bits per heavy atom. The highest BCUT2D eigenvalue weighted by atomic mass is 16.5. The van der Waals surface area contributed by atoms with Gasteiger partial charge in [-0.1, -0.05) is 27.2 Å². The normalized spacial score (nSPS) is 33.0. The van der Waals surface area contributed by atoms with E-state index >= 15 is 0 Å². The van der Waals surface area contributed by atoms with Crippen LogP contribution in [0.4, 0.5) is 0 Å². The first-order valence-electron chi connectivity index (χ1n) is 6.38. The molecule has 2 nitrogen and oxygen atoms in total. The van der Waals surface area contributed by atoms with Gasteiger partial charge in [-0.05, 0) is 37.5 Å². The van der Waals surface area contributed by atoms with Crippen LogP contribution in [0, 0.1) is 11.3 Å². The fourth-order valence-corrected chi connectivity index (χ4v) is 2.56. The van der Waals surface area contributed by atoms with Crippen LogP contribution in [0.2, 0.25) is 0 Å². The Kier molecular flexibility index (Phi) is 4.60. The van der Waals surface area contributed by atoms with Crippen molar-refractivity contribution in [2.45, 2.75) is 65.5 Å². The Morgan fingerprint density at radius 3 is 2.47 bits per heavy atom. The minimum absolute atomic E-state index is 0.258. The molecule has 0 radical (unpaired) electrons. The minimum atomic E-state index is 0.258. The molecule has 0 aromatic heterocycles. The molecule has 1 saturated carbocycles. The predicted octanol–water partition coefficient (Wildman–Crippen LogP) is 2.96. The van der Waals surface area contributed by atoms with E-state index in [9.17, 15) is 0 Å². The first-order valence-corrected chi connectivity index (χ1v) is 6.38. The molecular weight excluding hydrogens is 186 g/mol. The van der Waals surface area contributed by atoms with Crippen LogP contribution in [0.3, 0.4) is 0 Å². The van der Waals surface area contributed by atoms with Crippen molar-refractivity contribution in [3.05, 3.63) is 0 Å². The van der Waals surface area contributed by atoms with E-state index in [0.29, 0.717) is 11.5 Å². The van der Waals surface area contributed by atoms with Crippen LogP contribution < -0.4 is 5.73 Å². The molecule has 0 amide bonds. The Bertz CT molecular complexity index is 191. The first kappa shape index (κ1) is 13.0. The summed E-state index contributed by atoms with van der Waals surface area (Å²) in [6.45, 7) is 9.87. The lowest BCUT2D eigenvalue weighted by molar-refractivity contribution is -0.0172. The van der Waals surface area contributed by atoms with Gasteiger partial charge in [0.05, 0.1) is 6.10 Å². The molecule has 0 spiro atoms. The van der Waals surface area contributed by atoms with Gasteiger partial charge in [-0.2, -0.15) is 0 Å². The van der Waals surface area contributed by atoms with Crippen molar-refractivity contribution < 1.29 is 4.74 Å². The molecule has 1 fully saturated rings. The molecule has 3 unspecified atom stereocenters. The summed E-state index contributed by atoms with van der Waals surface area (Å²) in [5.74, 6) is 0.777. The zero-order valence-corrected chi connectivity index (χ0v) is 10.8. The Balaban J connectivity index is 2.57. The Morgan fingerprint density at radius 2 is 1.93 bits per heavy atom. The molecule has 0 aromatic rings. The van der Waals surface area contributed by atoms with E-state index in [0.717, 1.165) is 25.4 Å². The van der Waals surface area contributed by atoms with Gasteiger partial charge in [0.15, 0.2) is 0 Å². The third kappa shape index (κ3) is 3.18. The average Bonchev–Trinajstić information content (AvgIpc) is 2.21. The molecular formula is C13H27NO. The van der Waals surface area contributed by atoms with Gasteiger partial charge in [-0.15, -0.1) is 0 Å². The van der Waals surface area contributed by atoms with Crippen molar-refractivity contribution >= 4 is 0 Å². The van der Waals surface area contributed by atoms with Crippen molar-refractivity contribution in [1.82, 2.24) is 0 Å². The molecule has 90 valence electrons. The fourth-order valence-electron chi connectivity index (χ4n) is 2.56. The second-order valence-corrected chi connectivity index (χ2v) is 5.51. The number of hydrogen-bond acceptors (Lipinski definition) is 2. The molecule has 3 atom stereocenters. The molecule has 0 aliphatic heterocycles. The number of ether oxygens (including phenoxy) is 1. The lowest BCUT2D eigenvalue weighted by Crippen LogP contribution is -2.45. The molecule has 1 aliphatic carbocycles. The maximum absolute atomic E-state index is 6.09. The average molecular weight is 213 g/mol. The van der Waals surface area contributed by atoms with Crippen LogP contribution in [-0.4, -0.2) is 18.8 Å². The quantitative estimate of drug-likeness (QED) is 0.779. The van der Waals surface area contributed by atoms with Crippen LogP contribution in [0.5, 0.6) is 0 Å². The summed E-state index contributed by atoms with van der Waals surface area (Å²) in [5, 5.41) is 0. The second-order valence-electron chi connectivity index (χ2n) is 5.51. The molecule has 2 heteroatoms. The zero-order valence-electron chi connectivity index (χ0n) is 10.8. The first-order chi connectivity index (χ1) is 7.01. The van der Waals surface area contributed by atoms with Gasteiger partial charge in [-0.25, -0.2) is 0 Å². The minimum Gasteiger partial charge on any atom is -0.377 e. The lowest BCUT2D eigenvalue weighted by atomic mass is 9.68. The van der Waals surface area contributed by atoms with Gasteiger partial charge in [-0.3, -0.25) is 0 Å². The Labute approximate surface area is 94.6 Å².